The molecule has 0 saturated heterocycles. The second-order valence-corrected chi connectivity index (χ2v) is 8.41. The molecule has 0 atom stereocenters. The number of rotatable bonds is 9. The molecule has 29 heavy (non-hydrogen) atoms. The number of sulfonamides is 1. The zero-order valence-corrected chi connectivity index (χ0v) is 17.1. The van der Waals surface area contributed by atoms with Gasteiger partial charge in [-0.3, -0.25) is 9.78 Å². The van der Waals surface area contributed by atoms with Gasteiger partial charge in [-0.05, 0) is 35.9 Å². The van der Waals surface area contributed by atoms with E-state index in [9.17, 15) is 13.2 Å². The van der Waals surface area contributed by atoms with Gasteiger partial charge in [-0.15, -0.1) is 0 Å². The Bertz CT molecular complexity index is 1040. The first-order valence-electron chi connectivity index (χ1n) is 8.89. The standard InChI is InChI=1S/C20H20ClN3O4S/c21-18-7-1-2-8-19(18)29(26,27)23-11-9-20(25)24(15-17-6-4-12-28-17)14-16-5-3-10-22-13-16/h1-8,10,12-13,23H,9,11,14-15H2. The van der Waals surface area contributed by atoms with Crippen LogP contribution < -0.4 is 4.72 Å². The van der Waals surface area contributed by atoms with Gasteiger partial charge in [-0.25, -0.2) is 13.1 Å². The summed E-state index contributed by atoms with van der Waals surface area (Å²) in [6.07, 6.45) is 4.87. The van der Waals surface area contributed by atoms with E-state index in [2.05, 4.69) is 9.71 Å². The van der Waals surface area contributed by atoms with Crippen LogP contribution in [0.4, 0.5) is 0 Å². The lowest BCUT2D eigenvalue weighted by atomic mass is 10.2. The maximum Gasteiger partial charge on any atom is 0.242 e. The molecule has 0 spiro atoms. The van der Waals surface area contributed by atoms with Gasteiger partial charge in [0, 0.05) is 31.9 Å². The minimum atomic E-state index is -3.80. The van der Waals surface area contributed by atoms with Crippen LogP contribution in [-0.2, 0) is 27.9 Å². The lowest BCUT2D eigenvalue weighted by Gasteiger charge is -2.22. The zero-order valence-electron chi connectivity index (χ0n) is 15.5. The predicted molar refractivity (Wildman–Crippen MR) is 108 cm³/mol. The number of carbonyl (C=O) groups is 1. The average Bonchev–Trinajstić information content (AvgIpc) is 3.21. The van der Waals surface area contributed by atoms with Gasteiger partial charge in [0.05, 0.1) is 17.8 Å². The molecule has 0 fully saturated rings. The van der Waals surface area contributed by atoms with Gasteiger partial charge in [0.2, 0.25) is 15.9 Å². The van der Waals surface area contributed by atoms with E-state index in [4.69, 9.17) is 16.0 Å². The van der Waals surface area contributed by atoms with E-state index in [0.717, 1.165) is 5.56 Å². The smallest absolute Gasteiger partial charge is 0.242 e. The number of aromatic nitrogens is 1. The first-order valence-corrected chi connectivity index (χ1v) is 10.7. The van der Waals surface area contributed by atoms with Crippen molar-refractivity contribution in [2.24, 2.45) is 0 Å². The Labute approximate surface area is 174 Å². The average molecular weight is 434 g/mol. The van der Waals surface area contributed by atoms with Crippen molar-refractivity contribution in [3.63, 3.8) is 0 Å². The van der Waals surface area contributed by atoms with Crippen molar-refractivity contribution in [3.8, 4) is 0 Å². The largest absolute Gasteiger partial charge is 0.467 e. The van der Waals surface area contributed by atoms with Crippen LogP contribution >= 0.6 is 11.6 Å². The molecule has 0 aliphatic heterocycles. The van der Waals surface area contributed by atoms with Gasteiger partial charge < -0.3 is 9.32 Å². The highest BCUT2D eigenvalue weighted by Crippen LogP contribution is 2.20. The molecule has 2 aromatic heterocycles. The van der Waals surface area contributed by atoms with Crippen LogP contribution in [0.1, 0.15) is 17.7 Å². The topological polar surface area (TPSA) is 92.5 Å². The Morgan fingerprint density at radius 2 is 1.93 bits per heavy atom. The molecule has 9 heteroatoms. The normalized spacial score (nSPS) is 11.3. The highest BCUT2D eigenvalue weighted by molar-refractivity contribution is 7.89. The van der Waals surface area contributed by atoms with Crippen LogP contribution in [0.25, 0.3) is 0 Å². The molecule has 1 N–H and O–H groups in total. The lowest BCUT2D eigenvalue weighted by molar-refractivity contribution is -0.132. The molecule has 0 aliphatic rings. The number of nitrogens with zero attached hydrogens (tertiary/aromatic N) is 2. The summed E-state index contributed by atoms with van der Waals surface area (Å²) in [5.41, 5.74) is 0.865. The zero-order chi connectivity index (χ0) is 20.7. The van der Waals surface area contributed by atoms with E-state index < -0.39 is 10.0 Å². The Morgan fingerprint density at radius 3 is 2.62 bits per heavy atom. The summed E-state index contributed by atoms with van der Waals surface area (Å²) in [6, 6.07) is 13.3. The second kappa shape index (κ2) is 9.69. The van der Waals surface area contributed by atoms with Crippen LogP contribution in [0.5, 0.6) is 0 Å². The Kier molecular flexibility index (Phi) is 7.03. The first-order chi connectivity index (χ1) is 14.0. The third-order valence-electron chi connectivity index (χ3n) is 4.13. The SMILES string of the molecule is O=C(CCNS(=O)(=O)c1ccccc1Cl)N(Cc1cccnc1)Cc1ccco1. The number of carbonyl (C=O) groups excluding carboxylic acids is 1. The summed E-state index contributed by atoms with van der Waals surface area (Å²) >= 11 is 5.96. The van der Waals surface area contributed by atoms with E-state index >= 15 is 0 Å². The third kappa shape index (κ3) is 5.90. The monoisotopic (exact) mass is 433 g/mol. The summed E-state index contributed by atoms with van der Waals surface area (Å²) in [5, 5.41) is 0.127. The Hall–Kier alpha value is -2.68. The quantitative estimate of drug-likeness (QED) is 0.559. The molecule has 152 valence electrons. The van der Waals surface area contributed by atoms with Crippen molar-refractivity contribution in [3.05, 3.63) is 83.5 Å². The second-order valence-electron chi connectivity index (χ2n) is 6.27. The lowest BCUT2D eigenvalue weighted by Crippen LogP contribution is -2.34. The Balaban J connectivity index is 1.64. The fourth-order valence-corrected chi connectivity index (χ4v) is 4.28. The molecule has 0 aliphatic carbocycles. The number of halogens is 1. The van der Waals surface area contributed by atoms with Gasteiger partial charge in [0.25, 0.3) is 0 Å². The number of nitrogens with one attached hydrogen (secondary N) is 1. The highest BCUT2D eigenvalue weighted by Gasteiger charge is 2.20. The van der Waals surface area contributed by atoms with Gasteiger partial charge in [0.1, 0.15) is 10.7 Å². The van der Waals surface area contributed by atoms with Gasteiger partial charge in [-0.2, -0.15) is 0 Å². The first kappa shape index (κ1) is 21.0. The van der Waals surface area contributed by atoms with Crippen molar-refractivity contribution >= 4 is 27.5 Å². The van der Waals surface area contributed by atoms with E-state index in [1.807, 2.05) is 6.07 Å². The molecular weight excluding hydrogens is 414 g/mol. The minimum absolute atomic E-state index is 0.00927. The van der Waals surface area contributed by atoms with Crippen LogP contribution in [0.15, 0.2) is 76.5 Å². The molecule has 3 aromatic rings. The molecule has 1 aromatic carbocycles. The number of hydrogen-bond acceptors (Lipinski definition) is 5. The maximum atomic E-state index is 12.8. The number of furan rings is 1. The maximum absolute atomic E-state index is 12.8. The molecule has 7 nitrogen and oxygen atoms in total. The van der Waals surface area contributed by atoms with Crippen molar-refractivity contribution < 1.29 is 17.6 Å². The summed E-state index contributed by atoms with van der Waals surface area (Å²) < 4.78 is 32.6. The number of pyridine rings is 1. The number of hydrogen-bond donors (Lipinski definition) is 1. The fourth-order valence-electron chi connectivity index (χ4n) is 2.73. The number of benzene rings is 1. The molecular formula is C20H20ClN3O4S. The van der Waals surface area contributed by atoms with E-state index in [-0.39, 0.29) is 35.3 Å². The molecule has 0 bridgehead atoms. The van der Waals surface area contributed by atoms with Crippen molar-refractivity contribution in [2.45, 2.75) is 24.4 Å². The number of amides is 1. The van der Waals surface area contributed by atoms with Crippen LogP contribution in [0.2, 0.25) is 5.02 Å². The minimum Gasteiger partial charge on any atom is -0.467 e. The molecule has 0 radical (unpaired) electrons. The van der Waals surface area contributed by atoms with E-state index in [1.54, 1.807) is 53.9 Å². The van der Waals surface area contributed by atoms with Gasteiger partial charge in [0.15, 0.2) is 0 Å². The van der Waals surface area contributed by atoms with E-state index in [1.165, 1.54) is 12.1 Å². The molecule has 0 saturated carbocycles. The summed E-state index contributed by atoms with van der Waals surface area (Å²) in [5.74, 6) is 0.422. The van der Waals surface area contributed by atoms with Crippen molar-refractivity contribution in [1.82, 2.24) is 14.6 Å². The van der Waals surface area contributed by atoms with Crippen LogP contribution in [0, 0.1) is 0 Å². The van der Waals surface area contributed by atoms with E-state index in [0.29, 0.717) is 12.3 Å². The molecule has 0 unspecified atom stereocenters. The van der Waals surface area contributed by atoms with Crippen LogP contribution in [0.3, 0.4) is 0 Å². The van der Waals surface area contributed by atoms with Crippen molar-refractivity contribution in [2.75, 3.05) is 6.54 Å². The van der Waals surface area contributed by atoms with Crippen LogP contribution in [-0.4, -0.2) is 30.8 Å². The summed E-state index contributed by atoms with van der Waals surface area (Å²) in [7, 11) is -3.80. The summed E-state index contributed by atoms with van der Waals surface area (Å²) in [6.45, 7) is 0.566. The molecule has 3 rings (SSSR count). The fraction of sp³-hybridized carbons (Fsp3) is 0.200. The van der Waals surface area contributed by atoms with Gasteiger partial charge >= 0.3 is 0 Å². The summed E-state index contributed by atoms with van der Waals surface area (Å²) in [4.78, 5) is 18.4. The predicted octanol–water partition coefficient (Wildman–Crippen LogP) is 3.23. The molecule has 2 heterocycles. The Morgan fingerprint density at radius 1 is 1.10 bits per heavy atom. The van der Waals surface area contributed by atoms with Crippen molar-refractivity contribution in [1.29, 1.82) is 0 Å². The van der Waals surface area contributed by atoms with Gasteiger partial charge in [-0.1, -0.05) is 29.8 Å². The highest BCUT2D eigenvalue weighted by atomic mass is 35.5. The third-order valence-corrected chi connectivity index (χ3v) is 6.09. The molecule has 1 amide bonds.